The predicted octanol–water partition coefficient (Wildman–Crippen LogP) is 3.41. The molecule has 1 aromatic carbocycles. The molecule has 3 rings (SSSR count). The SMILES string of the molecule is CCNC(=NCc1ccc(OC)cc1C(F)(F)F)N1CCN(c2ncccn2)CC1.I. The van der Waals surface area contributed by atoms with Gasteiger partial charge >= 0.3 is 6.18 Å². The molecule has 0 spiro atoms. The van der Waals surface area contributed by atoms with Gasteiger partial charge in [-0.25, -0.2) is 15.0 Å². The number of benzene rings is 1. The lowest BCUT2D eigenvalue weighted by Crippen LogP contribution is -2.53. The zero-order chi connectivity index (χ0) is 21.6. The third-order valence-electron chi connectivity index (χ3n) is 4.77. The smallest absolute Gasteiger partial charge is 0.416 e. The molecule has 0 amide bonds. The average molecular weight is 550 g/mol. The van der Waals surface area contributed by atoms with Gasteiger partial charge in [-0.15, -0.1) is 24.0 Å². The van der Waals surface area contributed by atoms with E-state index in [9.17, 15) is 13.2 Å². The summed E-state index contributed by atoms with van der Waals surface area (Å²) in [6, 6.07) is 5.71. The number of aliphatic imine (C=N–C) groups is 1. The van der Waals surface area contributed by atoms with Gasteiger partial charge in [-0.05, 0) is 30.7 Å². The van der Waals surface area contributed by atoms with E-state index >= 15 is 0 Å². The van der Waals surface area contributed by atoms with Gasteiger partial charge in [0.15, 0.2) is 5.96 Å². The van der Waals surface area contributed by atoms with Gasteiger partial charge in [-0.3, -0.25) is 0 Å². The molecule has 0 bridgehead atoms. The minimum absolute atomic E-state index is 0. The van der Waals surface area contributed by atoms with Crippen LogP contribution in [0.25, 0.3) is 0 Å². The number of anilines is 1. The number of methoxy groups -OCH3 is 1. The zero-order valence-electron chi connectivity index (χ0n) is 17.4. The third kappa shape index (κ3) is 6.58. The van der Waals surface area contributed by atoms with E-state index in [1.54, 1.807) is 18.5 Å². The van der Waals surface area contributed by atoms with Crippen molar-refractivity contribution in [3.05, 3.63) is 47.8 Å². The van der Waals surface area contributed by atoms with Crippen molar-refractivity contribution in [2.24, 2.45) is 4.99 Å². The van der Waals surface area contributed by atoms with E-state index in [-0.39, 0.29) is 41.8 Å². The molecule has 1 fully saturated rings. The second kappa shape index (κ2) is 11.3. The Kier molecular flexibility index (Phi) is 9.14. The summed E-state index contributed by atoms with van der Waals surface area (Å²) in [7, 11) is 1.34. The minimum Gasteiger partial charge on any atom is -0.497 e. The first-order chi connectivity index (χ1) is 14.4. The van der Waals surface area contributed by atoms with Crippen LogP contribution in [0.3, 0.4) is 0 Å². The summed E-state index contributed by atoms with van der Waals surface area (Å²) in [5.41, 5.74) is -0.623. The van der Waals surface area contributed by atoms with E-state index in [0.29, 0.717) is 44.6 Å². The van der Waals surface area contributed by atoms with E-state index in [0.717, 1.165) is 6.07 Å². The second-order valence-electron chi connectivity index (χ2n) is 6.71. The molecule has 1 aromatic heterocycles. The number of hydrogen-bond donors (Lipinski definition) is 1. The van der Waals surface area contributed by atoms with E-state index < -0.39 is 11.7 Å². The molecule has 0 saturated carbocycles. The van der Waals surface area contributed by atoms with Gasteiger partial charge < -0.3 is 19.9 Å². The highest BCUT2D eigenvalue weighted by molar-refractivity contribution is 14.0. The number of guanidine groups is 1. The van der Waals surface area contributed by atoms with Crippen molar-refractivity contribution in [3.63, 3.8) is 0 Å². The minimum atomic E-state index is -4.47. The van der Waals surface area contributed by atoms with Crippen LogP contribution in [-0.4, -0.2) is 60.7 Å². The van der Waals surface area contributed by atoms with Crippen LogP contribution in [0.1, 0.15) is 18.1 Å². The molecule has 1 aliphatic heterocycles. The maximum atomic E-state index is 13.4. The molecule has 1 aliphatic rings. The number of hydrogen-bond acceptors (Lipinski definition) is 5. The predicted molar refractivity (Wildman–Crippen MR) is 124 cm³/mol. The van der Waals surface area contributed by atoms with Gasteiger partial charge in [-0.1, -0.05) is 6.07 Å². The maximum Gasteiger partial charge on any atom is 0.416 e. The highest BCUT2D eigenvalue weighted by Gasteiger charge is 2.33. The van der Waals surface area contributed by atoms with Crippen molar-refractivity contribution < 1.29 is 17.9 Å². The van der Waals surface area contributed by atoms with Crippen LogP contribution < -0.4 is 15.0 Å². The Morgan fingerprint density at radius 3 is 2.42 bits per heavy atom. The number of ether oxygens (including phenoxy) is 1. The van der Waals surface area contributed by atoms with Gasteiger partial charge in [0.05, 0.1) is 19.2 Å². The first kappa shape index (κ1) is 25.0. The monoisotopic (exact) mass is 550 g/mol. The quantitative estimate of drug-likeness (QED) is 0.350. The molecular formula is C20H26F3IN6O. The van der Waals surface area contributed by atoms with Crippen LogP contribution in [0.15, 0.2) is 41.7 Å². The maximum absolute atomic E-state index is 13.4. The number of piperazine rings is 1. The Morgan fingerprint density at radius 2 is 1.84 bits per heavy atom. The summed E-state index contributed by atoms with van der Waals surface area (Å²) in [5, 5.41) is 3.18. The van der Waals surface area contributed by atoms with Gasteiger partial charge in [0.25, 0.3) is 0 Å². The largest absolute Gasteiger partial charge is 0.497 e. The molecule has 170 valence electrons. The highest BCUT2D eigenvalue weighted by atomic mass is 127. The van der Waals surface area contributed by atoms with E-state index in [1.807, 2.05) is 11.8 Å². The molecule has 0 unspecified atom stereocenters. The molecule has 31 heavy (non-hydrogen) atoms. The Bertz CT molecular complexity index is 858. The molecule has 1 saturated heterocycles. The molecule has 11 heteroatoms. The summed E-state index contributed by atoms with van der Waals surface area (Å²) in [5.74, 6) is 1.43. The van der Waals surface area contributed by atoms with Crippen molar-refractivity contribution in [2.45, 2.75) is 19.6 Å². The molecular weight excluding hydrogens is 524 g/mol. The number of alkyl halides is 3. The van der Waals surface area contributed by atoms with E-state index in [2.05, 4.69) is 25.2 Å². The fourth-order valence-electron chi connectivity index (χ4n) is 3.24. The van der Waals surface area contributed by atoms with Gasteiger partial charge in [-0.2, -0.15) is 13.2 Å². The van der Waals surface area contributed by atoms with Gasteiger partial charge in [0.1, 0.15) is 5.75 Å². The van der Waals surface area contributed by atoms with Crippen LogP contribution in [-0.2, 0) is 12.7 Å². The molecule has 2 heterocycles. The summed E-state index contributed by atoms with van der Waals surface area (Å²) < 4.78 is 45.3. The fraction of sp³-hybridized carbons (Fsp3) is 0.450. The molecule has 0 radical (unpaired) electrons. The number of rotatable bonds is 5. The van der Waals surface area contributed by atoms with Gasteiger partial charge in [0, 0.05) is 45.1 Å². The number of nitrogens with zero attached hydrogens (tertiary/aromatic N) is 5. The van der Waals surface area contributed by atoms with Crippen LogP contribution >= 0.6 is 24.0 Å². The third-order valence-corrected chi connectivity index (χ3v) is 4.77. The molecule has 1 N–H and O–H groups in total. The zero-order valence-corrected chi connectivity index (χ0v) is 19.7. The lowest BCUT2D eigenvalue weighted by molar-refractivity contribution is -0.138. The summed E-state index contributed by atoms with van der Waals surface area (Å²) in [4.78, 5) is 17.1. The van der Waals surface area contributed by atoms with Crippen LogP contribution in [0.4, 0.5) is 19.1 Å². The Labute approximate surface area is 196 Å². The Hall–Kier alpha value is -2.31. The summed E-state index contributed by atoms with van der Waals surface area (Å²) >= 11 is 0. The first-order valence-electron chi connectivity index (χ1n) is 9.71. The fourth-order valence-corrected chi connectivity index (χ4v) is 3.24. The van der Waals surface area contributed by atoms with Gasteiger partial charge in [0.2, 0.25) is 5.95 Å². The summed E-state index contributed by atoms with van der Waals surface area (Å²) in [6.07, 6.45) is -1.07. The molecule has 0 atom stereocenters. The van der Waals surface area contributed by atoms with Crippen molar-refractivity contribution in [1.82, 2.24) is 20.2 Å². The second-order valence-corrected chi connectivity index (χ2v) is 6.71. The van der Waals surface area contributed by atoms with Crippen LogP contribution in [0.5, 0.6) is 5.75 Å². The topological polar surface area (TPSA) is 65.9 Å². The van der Waals surface area contributed by atoms with Crippen molar-refractivity contribution >= 4 is 35.9 Å². The van der Waals surface area contributed by atoms with Crippen molar-refractivity contribution in [1.29, 1.82) is 0 Å². The van der Waals surface area contributed by atoms with Crippen LogP contribution in [0.2, 0.25) is 0 Å². The number of aromatic nitrogens is 2. The Morgan fingerprint density at radius 1 is 1.16 bits per heavy atom. The first-order valence-corrected chi connectivity index (χ1v) is 9.71. The van der Waals surface area contributed by atoms with E-state index in [1.165, 1.54) is 19.2 Å². The number of nitrogens with one attached hydrogen (secondary N) is 1. The summed E-state index contributed by atoms with van der Waals surface area (Å²) in [6.45, 7) is 5.20. The van der Waals surface area contributed by atoms with Crippen LogP contribution in [0, 0.1) is 0 Å². The van der Waals surface area contributed by atoms with E-state index in [4.69, 9.17) is 4.74 Å². The average Bonchev–Trinajstić information content (AvgIpc) is 2.76. The van der Waals surface area contributed by atoms with Crippen molar-refractivity contribution in [2.75, 3.05) is 44.7 Å². The lowest BCUT2D eigenvalue weighted by Gasteiger charge is -2.36. The van der Waals surface area contributed by atoms with Crippen molar-refractivity contribution in [3.8, 4) is 5.75 Å². The lowest BCUT2D eigenvalue weighted by atomic mass is 10.1. The molecule has 0 aliphatic carbocycles. The number of halogens is 4. The Balaban J connectivity index is 0.00000341. The normalized spacial score (nSPS) is 14.8. The highest BCUT2D eigenvalue weighted by Crippen LogP contribution is 2.34. The standard InChI is InChI=1S/C20H25F3N6O.HI/c1-3-24-18(28-9-11-29(12-10-28)19-25-7-4-8-26-19)27-14-15-5-6-16(30-2)13-17(15)20(21,22)23;/h4-8,13H,3,9-12,14H2,1-2H3,(H,24,27);1H. The molecule has 7 nitrogen and oxygen atoms in total. The molecule has 2 aromatic rings.